The van der Waals surface area contributed by atoms with Gasteiger partial charge in [0.05, 0.1) is 28.1 Å². The fraction of sp³-hybridized carbons (Fsp3) is 0.632. The molecule has 4 rings (SSSR count). The highest BCUT2D eigenvalue weighted by Crippen LogP contribution is 2.42. The monoisotopic (exact) mass is 454 g/mol. The molecule has 1 aromatic carbocycles. The van der Waals surface area contributed by atoms with E-state index in [2.05, 4.69) is 0 Å². The van der Waals surface area contributed by atoms with E-state index in [9.17, 15) is 25.0 Å². The topological polar surface area (TPSA) is 159 Å². The summed E-state index contributed by atoms with van der Waals surface area (Å²) in [6.07, 6.45) is -4.10. The Hall–Kier alpha value is -2.71. The van der Waals surface area contributed by atoms with Gasteiger partial charge in [-0.1, -0.05) is 0 Å². The first-order valence-corrected chi connectivity index (χ1v) is 9.83. The Labute approximate surface area is 181 Å². The van der Waals surface area contributed by atoms with E-state index < -0.39 is 69.5 Å². The molecule has 3 heterocycles. The molecule has 174 valence electrons. The van der Waals surface area contributed by atoms with Crippen LogP contribution in [0.25, 0.3) is 0 Å². The predicted molar refractivity (Wildman–Crippen MR) is 103 cm³/mol. The number of fused-ring (bicyclic) bond motifs is 1. The number of nitrogens with zero attached hydrogens (tertiary/aromatic N) is 2. The van der Waals surface area contributed by atoms with Crippen LogP contribution in [0.2, 0.25) is 0 Å². The molecule has 0 saturated carbocycles. The van der Waals surface area contributed by atoms with Crippen molar-refractivity contribution in [3.8, 4) is 0 Å². The van der Waals surface area contributed by atoms with Crippen LogP contribution in [0.4, 0.5) is 11.4 Å². The van der Waals surface area contributed by atoms with E-state index >= 15 is 0 Å². The molecule has 0 N–H and O–H groups in total. The molecule has 1 aromatic rings. The molecule has 0 unspecified atom stereocenters. The van der Waals surface area contributed by atoms with Crippen LogP contribution in [0.1, 0.15) is 38.1 Å². The van der Waals surface area contributed by atoms with Crippen LogP contribution in [0.3, 0.4) is 0 Å². The zero-order chi connectivity index (χ0) is 23.4. The summed E-state index contributed by atoms with van der Waals surface area (Å²) in [6.45, 7) is 6.96. The Kier molecular flexibility index (Phi) is 5.41. The molecule has 0 aromatic heterocycles. The second-order valence-electron chi connectivity index (χ2n) is 8.56. The van der Waals surface area contributed by atoms with Gasteiger partial charge in [-0.25, -0.2) is 4.79 Å². The number of ether oxygens (including phenoxy) is 6. The van der Waals surface area contributed by atoms with Crippen LogP contribution >= 0.6 is 0 Å². The number of hydrogen-bond donors (Lipinski definition) is 0. The van der Waals surface area contributed by atoms with E-state index in [-0.39, 0.29) is 12.2 Å². The molecular formula is C19H22N2O11. The van der Waals surface area contributed by atoms with E-state index in [4.69, 9.17) is 28.4 Å². The number of nitro benzene ring substituents is 2. The zero-order valence-electron chi connectivity index (χ0n) is 17.7. The summed E-state index contributed by atoms with van der Waals surface area (Å²) in [4.78, 5) is 33.5. The third kappa shape index (κ3) is 4.29. The van der Waals surface area contributed by atoms with Gasteiger partial charge in [-0.05, 0) is 27.7 Å². The minimum absolute atomic E-state index is 0.164. The molecular weight excluding hydrogens is 432 g/mol. The molecule has 3 aliphatic heterocycles. The average Bonchev–Trinajstić information content (AvgIpc) is 3.31. The van der Waals surface area contributed by atoms with Crippen molar-refractivity contribution in [3.63, 3.8) is 0 Å². The summed E-state index contributed by atoms with van der Waals surface area (Å²) in [6, 6.07) is 2.58. The standard InChI is InChI=1S/C19H22N2O11/c1-18(2)27-8-12(30-18)13-14(15-17(29-13)32-19(3,4)31-15)28-16(22)9-5-10(20(23)24)7-11(6-9)21(25)26/h5-7,12-15,17H,8H2,1-4H3/t12-,13-,14+,15-,17-/m1/s1. The minimum Gasteiger partial charge on any atom is -0.453 e. The largest absolute Gasteiger partial charge is 0.453 e. The Bertz CT molecular complexity index is 930. The van der Waals surface area contributed by atoms with Crippen LogP contribution in [-0.4, -0.2) is 64.7 Å². The third-order valence-corrected chi connectivity index (χ3v) is 5.23. The van der Waals surface area contributed by atoms with Gasteiger partial charge >= 0.3 is 5.97 Å². The Balaban J connectivity index is 1.61. The van der Waals surface area contributed by atoms with E-state index in [1.54, 1.807) is 27.7 Å². The highest BCUT2D eigenvalue weighted by molar-refractivity contribution is 5.91. The molecule has 0 radical (unpaired) electrons. The third-order valence-electron chi connectivity index (χ3n) is 5.23. The smallest absolute Gasteiger partial charge is 0.339 e. The van der Waals surface area contributed by atoms with Crippen molar-refractivity contribution in [2.75, 3.05) is 6.61 Å². The van der Waals surface area contributed by atoms with Crippen molar-refractivity contribution in [2.45, 2.75) is 70.0 Å². The molecule has 0 amide bonds. The van der Waals surface area contributed by atoms with Crippen LogP contribution < -0.4 is 0 Å². The maximum absolute atomic E-state index is 12.9. The summed E-state index contributed by atoms with van der Waals surface area (Å²) in [5.41, 5.74) is -1.58. The van der Waals surface area contributed by atoms with Crippen LogP contribution in [0.15, 0.2) is 18.2 Å². The second-order valence-corrected chi connectivity index (χ2v) is 8.56. The fourth-order valence-electron chi connectivity index (χ4n) is 3.93. The van der Waals surface area contributed by atoms with E-state index in [0.717, 1.165) is 18.2 Å². The molecule has 0 bridgehead atoms. The zero-order valence-corrected chi connectivity index (χ0v) is 17.7. The molecule has 0 aliphatic carbocycles. The lowest BCUT2D eigenvalue weighted by Gasteiger charge is -2.28. The molecule has 13 nitrogen and oxygen atoms in total. The first-order chi connectivity index (χ1) is 14.8. The number of non-ortho nitro benzene ring substituents is 2. The van der Waals surface area contributed by atoms with Crippen molar-refractivity contribution < 1.29 is 43.1 Å². The Morgan fingerprint density at radius 3 is 2.12 bits per heavy atom. The van der Waals surface area contributed by atoms with E-state index in [1.807, 2.05) is 0 Å². The summed E-state index contributed by atoms with van der Waals surface area (Å²) in [7, 11) is 0. The van der Waals surface area contributed by atoms with E-state index in [0.29, 0.717) is 0 Å². The number of nitro groups is 2. The van der Waals surface area contributed by atoms with Gasteiger partial charge < -0.3 is 28.4 Å². The van der Waals surface area contributed by atoms with Crippen LogP contribution in [0, 0.1) is 20.2 Å². The summed E-state index contributed by atoms with van der Waals surface area (Å²) >= 11 is 0. The van der Waals surface area contributed by atoms with E-state index in [1.165, 1.54) is 0 Å². The summed E-state index contributed by atoms with van der Waals surface area (Å²) < 4.78 is 34.5. The van der Waals surface area contributed by atoms with Gasteiger partial charge in [0.25, 0.3) is 11.4 Å². The molecule has 3 aliphatic rings. The lowest BCUT2D eigenvalue weighted by molar-refractivity contribution is -0.394. The molecule has 13 heteroatoms. The highest BCUT2D eigenvalue weighted by atomic mass is 16.9. The second kappa shape index (κ2) is 7.71. The number of benzene rings is 1. The van der Waals surface area contributed by atoms with Gasteiger partial charge in [-0.15, -0.1) is 0 Å². The lowest BCUT2D eigenvalue weighted by atomic mass is 10.1. The van der Waals surface area contributed by atoms with Crippen molar-refractivity contribution in [2.24, 2.45) is 0 Å². The maximum atomic E-state index is 12.9. The number of carbonyl (C=O) groups excluding carboxylic acids is 1. The van der Waals surface area contributed by atoms with Crippen molar-refractivity contribution >= 4 is 17.3 Å². The first kappa shape index (κ1) is 22.5. The van der Waals surface area contributed by atoms with Crippen LogP contribution in [0.5, 0.6) is 0 Å². The highest BCUT2D eigenvalue weighted by Gasteiger charge is 2.60. The summed E-state index contributed by atoms with van der Waals surface area (Å²) in [5, 5.41) is 22.3. The van der Waals surface area contributed by atoms with Crippen molar-refractivity contribution in [1.29, 1.82) is 0 Å². The minimum atomic E-state index is -1.02. The number of esters is 1. The lowest BCUT2D eigenvalue weighted by Crippen LogP contribution is -2.45. The maximum Gasteiger partial charge on any atom is 0.339 e. The van der Waals surface area contributed by atoms with Gasteiger partial charge in [-0.3, -0.25) is 20.2 Å². The normalized spacial score (nSPS) is 32.4. The fourth-order valence-corrected chi connectivity index (χ4v) is 3.93. The average molecular weight is 454 g/mol. The predicted octanol–water partition coefficient (Wildman–Crippen LogP) is 2.06. The van der Waals surface area contributed by atoms with Gasteiger partial charge in [0.2, 0.25) is 0 Å². The van der Waals surface area contributed by atoms with Gasteiger partial charge in [0.1, 0.15) is 12.2 Å². The Morgan fingerprint density at radius 1 is 0.969 bits per heavy atom. The quantitative estimate of drug-likeness (QED) is 0.364. The number of rotatable bonds is 5. The number of carbonyl (C=O) groups is 1. The molecule has 0 spiro atoms. The first-order valence-electron chi connectivity index (χ1n) is 9.83. The van der Waals surface area contributed by atoms with Gasteiger partial charge in [0, 0.05) is 12.1 Å². The summed E-state index contributed by atoms with van der Waals surface area (Å²) in [5.74, 6) is -2.88. The number of hydrogen-bond acceptors (Lipinski definition) is 11. The van der Waals surface area contributed by atoms with Crippen molar-refractivity contribution in [3.05, 3.63) is 44.0 Å². The Morgan fingerprint density at radius 2 is 1.59 bits per heavy atom. The van der Waals surface area contributed by atoms with Crippen molar-refractivity contribution in [1.82, 2.24) is 0 Å². The van der Waals surface area contributed by atoms with Gasteiger partial charge in [-0.2, -0.15) is 0 Å². The molecule has 3 saturated heterocycles. The molecule has 32 heavy (non-hydrogen) atoms. The SMILES string of the molecule is CC1(C)O[C@H]2O[C@H]([C@H]3COC(C)(C)O3)[C@H](OC(=O)c3cc([N+](=O)[O-])cc([N+](=O)[O-])c3)[C@H]2O1. The van der Waals surface area contributed by atoms with Crippen LogP contribution in [-0.2, 0) is 28.4 Å². The molecule has 3 fully saturated rings. The van der Waals surface area contributed by atoms with Gasteiger partial charge in [0.15, 0.2) is 30.1 Å². The molecule has 5 atom stereocenters.